The van der Waals surface area contributed by atoms with Crippen molar-refractivity contribution in [2.45, 2.75) is 0 Å². The zero-order valence-corrected chi connectivity index (χ0v) is 18.3. The zero-order valence-electron chi connectivity index (χ0n) is 18.3. The molecule has 0 amide bonds. The van der Waals surface area contributed by atoms with Crippen molar-refractivity contribution in [2.75, 3.05) is 0 Å². The van der Waals surface area contributed by atoms with Gasteiger partial charge in [0, 0.05) is 45.7 Å². The summed E-state index contributed by atoms with van der Waals surface area (Å²) in [6.07, 6.45) is 5.42. The second-order valence-electron chi connectivity index (χ2n) is 7.99. The summed E-state index contributed by atoms with van der Waals surface area (Å²) in [5.74, 6) is 0. The van der Waals surface area contributed by atoms with E-state index in [1.165, 1.54) is 0 Å². The summed E-state index contributed by atoms with van der Waals surface area (Å²) in [5.41, 5.74) is 5.99. The van der Waals surface area contributed by atoms with E-state index in [-0.39, 0.29) is 0 Å². The lowest BCUT2D eigenvalue weighted by molar-refractivity contribution is 1.37. The molecule has 0 saturated carbocycles. The fourth-order valence-corrected chi connectivity index (χ4v) is 4.17. The predicted octanol–water partition coefficient (Wildman–Crippen LogP) is 7.23. The molecule has 4 heterocycles. The SMILES string of the molecule is c1ccc(-c2ccc3ccc4cccnc4c3n2)cc1.c1cnc2c(c1)ccc1cccnc12. The first-order valence-electron chi connectivity index (χ1n) is 11.2. The highest BCUT2D eigenvalue weighted by Gasteiger charge is 2.05. The first-order valence-corrected chi connectivity index (χ1v) is 11.2. The molecule has 0 aliphatic carbocycles. The molecule has 0 aliphatic rings. The summed E-state index contributed by atoms with van der Waals surface area (Å²) >= 11 is 0. The van der Waals surface area contributed by atoms with E-state index in [0.717, 1.165) is 54.9 Å². The van der Waals surface area contributed by atoms with Crippen LogP contribution >= 0.6 is 0 Å². The van der Waals surface area contributed by atoms with Gasteiger partial charge in [-0.25, -0.2) is 4.98 Å². The van der Waals surface area contributed by atoms with Crippen molar-refractivity contribution in [1.29, 1.82) is 0 Å². The van der Waals surface area contributed by atoms with Gasteiger partial charge in [0.15, 0.2) is 0 Å². The maximum absolute atomic E-state index is 4.81. The topological polar surface area (TPSA) is 51.6 Å². The van der Waals surface area contributed by atoms with Gasteiger partial charge < -0.3 is 0 Å². The van der Waals surface area contributed by atoms with E-state index in [2.05, 4.69) is 81.7 Å². The van der Waals surface area contributed by atoms with Crippen LogP contribution < -0.4 is 0 Å². The molecule has 34 heavy (non-hydrogen) atoms. The Morgan fingerprint density at radius 1 is 0.353 bits per heavy atom. The van der Waals surface area contributed by atoms with Crippen molar-refractivity contribution in [3.05, 3.63) is 122 Å². The maximum atomic E-state index is 4.81. The molecular formula is C30H20N4. The number of fused-ring (bicyclic) bond motifs is 6. The molecule has 0 spiro atoms. The van der Waals surface area contributed by atoms with E-state index in [0.29, 0.717) is 0 Å². The van der Waals surface area contributed by atoms with E-state index >= 15 is 0 Å². The Bertz CT molecular complexity index is 1710. The van der Waals surface area contributed by atoms with E-state index < -0.39 is 0 Å². The van der Waals surface area contributed by atoms with E-state index in [9.17, 15) is 0 Å². The first kappa shape index (κ1) is 19.9. The predicted molar refractivity (Wildman–Crippen MR) is 140 cm³/mol. The largest absolute Gasteiger partial charge is 0.254 e. The lowest BCUT2D eigenvalue weighted by Gasteiger charge is -2.05. The molecule has 3 aromatic carbocycles. The van der Waals surface area contributed by atoms with Gasteiger partial charge in [-0.3, -0.25) is 15.0 Å². The Morgan fingerprint density at radius 2 is 0.794 bits per heavy atom. The van der Waals surface area contributed by atoms with E-state index in [4.69, 9.17) is 4.98 Å². The number of hydrogen-bond acceptors (Lipinski definition) is 4. The molecule has 0 saturated heterocycles. The van der Waals surface area contributed by atoms with Crippen molar-refractivity contribution in [3.63, 3.8) is 0 Å². The highest BCUT2D eigenvalue weighted by atomic mass is 14.8. The van der Waals surface area contributed by atoms with Crippen molar-refractivity contribution in [2.24, 2.45) is 0 Å². The smallest absolute Gasteiger partial charge is 0.0972 e. The summed E-state index contributed by atoms with van der Waals surface area (Å²) in [6, 6.07) is 34.8. The lowest BCUT2D eigenvalue weighted by Crippen LogP contribution is -1.88. The van der Waals surface area contributed by atoms with Gasteiger partial charge in [-0.05, 0) is 24.3 Å². The molecule has 4 nitrogen and oxygen atoms in total. The molecule has 0 radical (unpaired) electrons. The van der Waals surface area contributed by atoms with Crippen LogP contribution in [0.25, 0.3) is 54.9 Å². The normalized spacial score (nSPS) is 10.9. The Morgan fingerprint density at radius 3 is 1.32 bits per heavy atom. The Kier molecular flexibility index (Phi) is 5.09. The average molecular weight is 437 g/mol. The van der Waals surface area contributed by atoms with Crippen LogP contribution in [0.3, 0.4) is 0 Å². The maximum Gasteiger partial charge on any atom is 0.0972 e. The van der Waals surface area contributed by atoms with Gasteiger partial charge in [0.2, 0.25) is 0 Å². The monoisotopic (exact) mass is 436 g/mol. The molecule has 0 fully saturated rings. The van der Waals surface area contributed by atoms with Gasteiger partial charge in [-0.15, -0.1) is 0 Å². The minimum absolute atomic E-state index is 0.961. The zero-order chi connectivity index (χ0) is 22.7. The van der Waals surface area contributed by atoms with Gasteiger partial charge in [0.05, 0.1) is 27.8 Å². The van der Waals surface area contributed by atoms with Crippen molar-refractivity contribution in [1.82, 2.24) is 19.9 Å². The summed E-state index contributed by atoms with van der Waals surface area (Å²) in [5, 5.41) is 4.52. The van der Waals surface area contributed by atoms with Gasteiger partial charge in [0.25, 0.3) is 0 Å². The summed E-state index contributed by atoms with van der Waals surface area (Å²) in [6.45, 7) is 0. The Balaban J connectivity index is 0.000000136. The second-order valence-corrected chi connectivity index (χ2v) is 7.99. The van der Waals surface area contributed by atoms with Crippen LogP contribution in [0.1, 0.15) is 0 Å². The molecule has 0 N–H and O–H groups in total. The van der Waals surface area contributed by atoms with Crippen LogP contribution in [-0.2, 0) is 0 Å². The molecule has 4 heteroatoms. The standard InChI is InChI=1S/C18H12N2.C12H8N2/c1-2-5-13(6-3-1)16-11-10-15-9-8-14-7-4-12-19-17(14)18(15)20-16;1-3-9-5-6-10-4-2-8-14-12(10)11(9)13-7-1/h1-12H;1-8H. The van der Waals surface area contributed by atoms with E-state index in [1.807, 2.05) is 42.6 Å². The fraction of sp³-hybridized carbons (Fsp3) is 0. The number of nitrogens with zero attached hydrogens (tertiary/aromatic N) is 4. The minimum Gasteiger partial charge on any atom is -0.254 e. The minimum atomic E-state index is 0.961. The van der Waals surface area contributed by atoms with Gasteiger partial charge in [-0.1, -0.05) is 78.9 Å². The second kappa shape index (κ2) is 8.68. The third kappa shape index (κ3) is 3.71. The number of rotatable bonds is 1. The third-order valence-corrected chi connectivity index (χ3v) is 5.85. The molecule has 7 aromatic rings. The van der Waals surface area contributed by atoms with Crippen LogP contribution in [0.5, 0.6) is 0 Å². The number of aromatic nitrogens is 4. The Hall–Kier alpha value is -4.70. The van der Waals surface area contributed by atoms with Crippen molar-refractivity contribution < 1.29 is 0 Å². The van der Waals surface area contributed by atoms with Gasteiger partial charge in [0.1, 0.15) is 0 Å². The molecule has 4 aromatic heterocycles. The van der Waals surface area contributed by atoms with Crippen molar-refractivity contribution >= 4 is 43.6 Å². The molecule has 0 aliphatic heterocycles. The lowest BCUT2D eigenvalue weighted by atomic mass is 10.1. The summed E-state index contributed by atoms with van der Waals surface area (Å²) in [4.78, 5) is 18.0. The summed E-state index contributed by atoms with van der Waals surface area (Å²) in [7, 11) is 0. The molecule has 0 atom stereocenters. The number of benzene rings is 3. The average Bonchev–Trinajstić information content (AvgIpc) is 2.93. The van der Waals surface area contributed by atoms with Gasteiger partial charge in [-0.2, -0.15) is 0 Å². The summed E-state index contributed by atoms with van der Waals surface area (Å²) < 4.78 is 0. The molecule has 7 rings (SSSR count). The highest BCUT2D eigenvalue weighted by Crippen LogP contribution is 2.25. The number of hydrogen-bond donors (Lipinski definition) is 0. The van der Waals surface area contributed by atoms with E-state index in [1.54, 1.807) is 12.4 Å². The number of pyridine rings is 4. The first-order chi connectivity index (χ1) is 16.9. The van der Waals surface area contributed by atoms with Gasteiger partial charge >= 0.3 is 0 Å². The van der Waals surface area contributed by atoms with Crippen LogP contribution in [0, 0.1) is 0 Å². The highest BCUT2D eigenvalue weighted by molar-refractivity contribution is 6.03. The van der Waals surface area contributed by atoms with Crippen LogP contribution in [0.15, 0.2) is 122 Å². The van der Waals surface area contributed by atoms with Crippen LogP contribution in [0.4, 0.5) is 0 Å². The quantitative estimate of drug-likeness (QED) is 0.255. The molecular weight excluding hydrogens is 416 g/mol. The Labute approximate surface area is 196 Å². The third-order valence-electron chi connectivity index (χ3n) is 5.85. The van der Waals surface area contributed by atoms with Crippen LogP contribution in [-0.4, -0.2) is 19.9 Å². The molecule has 160 valence electrons. The van der Waals surface area contributed by atoms with Crippen molar-refractivity contribution in [3.8, 4) is 11.3 Å². The van der Waals surface area contributed by atoms with Crippen LogP contribution in [0.2, 0.25) is 0 Å². The molecule has 0 unspecified atom stereocenters. The molecule has 0 bridgehead atoms. The fourth-order valence-electron chi connectivity index (χ4n) is 4.17.